The monoisotopic (exact) mass is 287 g/mol. The summed E-state index contributed by atoms with van der Waals surface area (Å²) < 4.78 is 0. The summed E-state index contributed by atoms with van der Waals surface area (Å²) >= 11 is 0. The molecule has 0 aliphatic carbocycles. The third-order valence-electron chi connectivity index (χ3n) is 3.40. The highest BCUT2D eigenvalue weighted by Gasteiger charge is 2.00. The molecule has 3 heteroatoms. The molecule has 0 aliphatic heterocycles. The zero-order chi connectivity index (χ0) is 15.8. The fourth-order valence-corrected chi connectivity index (χ4v) is 2.19. The van der Waals surface area contributed by atoms with Gasteiger partial charge >= 0.3 is 0 Å². The number of rotatable bonds is 5. The SMILES string of the molecule is Cc1cc(NCCc2ccccc2)ccc1C=C(C#N)C#N. The van der Waals surface area contributed by atoms with E-state index in [2.05, 4.69) is 17.4 Å². The van der Waals surface area contributed by atoms with Crippen LogP contribution < -0.4 is 5.32 Å². The second-order valence-electron chi connectivity index (χ2n) is 5.02. The predicted octanol–water partition coefficient (Wildman–Crippen LogP) is 4.08. The first kappa shape index (κ1) is 15.4. The Hall–Kier alpha value is -3.04. The minimum Gasteiger partial charge on any atom is -0.385 e. The molecular formula is C19H17N3. The van der Waals surface area contributed by atoms with Crippen LogP contribution in [0.2, 0.25) is 0 Å². The molecule has 22 heavy (non-hydrogen) atoms. The molecule has 2 aromatic rings. The van der Waals surface area contributed by atoms with Gasteiger partial charge < -0.3 is 5.32 Å². The van der Waals surface area contributed by atoms with E-state index in [1.165, 1.54) is 5.56 Å². The van der Waals surface area contributed by atoms with Gasteiger partial charge in [-0.25, -0.2) is 0 Å². The molecular weight excluding hydrogens is 270 g/mol. The van der Waals surface area contributed by atoms with Crippen molar-refractivity contribution >= 4 is 11.8 Å². The van der Waals surface area contributed by atoms with Crippen LogP contribution in [0.5, 0.6) is 0 Å². The lowest BCUT2D eigenvalue weighted by molar-refractivity contribution is 1.02. The molecule has 3 nitrogen and oxygen atoms in total. The number of benzene rings is 2. The quantitative estimate of drug-likeness (QED) is 0.843. The Morgan fingerprint density at radius 3 is 2.45 bits per heavy atom. The number of anilines is 1. The normalized spacial score (nSPS) is 9.41. The molecule has 0 unspecified atom stereocenters. The van der Waals surface area contributed by atoms with Crippen LogP contribution in [0.3, 0.4) is 0 Å². The van der Waals surface area contributed by atoms with Crippen molar-refractivity contribution in [2.75, 3.05) is 11.9 Å². The molecule has 0 atom stereocenters. The minimum absolute atomic E-state index is 0.118. The standard InChI is InChI=1S/C19H17N3/c1-15-11-19(8-7-18(15)12-17(13-20)14-21)22-10-9-16-5-3-2-4-6-16/h2-8,11-12,22H,9-10H2,1H3. The van der Waals surface area contributed by atoms with E-state index in [1.807, 2.05) is 55.5 Å². The highest BCUT2D eigenvalue weighted by atomic mass is 14.9. The fraction of sp³-hybridized carbons (Fsp3) is 0.158. The summed E-state index contributed by atoms with van der Waals surface area (Å²) in [7, 11) is 0. The van der Waals surface area contributed by atoms with Gasteiger partial charge in [-0.2, -0.15) is 10.5 Å². The first-order valence-corrected chi connectivity index (χ1v) is 7.13. The molecule has 0 aromatic heterocycles. The lowest BCUT2D eigenvalue weighted by Gasteiger charge is -2.09. The van der Waals surface area contributed by atoms with Crippen molar-refractivity contribution in [3.63, 3.8) is 0 Å². The Balaban J connectivity index is 2.00. The van der Waals surface area contributed by atoms with Crippen molar-refractivity contribution in [2.45, 2.75) is 13.3 Å². The summed E-state index contributed by atoms with van der Waals surface area (Å²) in [6.45, 7) is 2.83. The average Bonchev–Trinajstić information content (AvgIpc) is 2.55. The Morgan fingerprint density at radius 1 is 1.09 bits per heavy atom. The van der Waals surface area contributed by atoms with Crippen LogP contribution in [-0.2, 0) is 6.42 Å². The van der Waals surface area contributed by atoms with Gasteiger partial charge in [0.1, 0.15) is 17.7 Å². The van der Waals surface area contributed by atoms with Crippen molar-refractivity contribution in [3.8, 4) is 12.1 Å². The van der Waals surface area contributed by atoms with Crippen LogP contribution in [0.25, 0.3) is 6.08 Å². The fourth-order valence-electron chi connectivity index (χ4n) is 2.19. The van der Waals surface area contributed by atoms with E-state index in [0.717, 1.165) is 29.8 Å². The number of hydrogen-bond acceptors (Lipinski definition) is 3. The molecule has 0 fully saturated rings. The summed E-state index contributed by atoms with van der Waals surface area (Å²) in [6, 6.07) is 20.0. The summed E-state index contributed by atoms with van der Waals surface area (Å²) in [6.07, 6.45) is 2.58. The van der Waals surface area contributed by atoms with Crippen LogP contribution >= 0.6 is 0 Å². The van der Waals surface area contributed by atoms with Crippen LogP contribution in [-0.4, -0.2) is 6.54 Å². The van der Waals surface area contributed by atoms with Crippen molar-refractivity contribution in [3.05, 3.63) is 70.8 Å². The number of nitrogens with one attached hydrogen (secondary N) is 1. The summed E-state index contributed by atoms with van der Waals surface area (Å²) in [5, 5.41) is 21.0. The highest BCUT2D eigenvalue weighted by molar-refractivity contribution is 5.66. The molecule has 0 radical (unpaired) electrons. The molecule has 2 rings (SSSR count). The van der Waals surface area contributed by atoms with Crippen LogP contribution in [0.1, 0.15) is 16.7 Å². The maximum Gasteiger partial charge on any atom is 0.130 e. The third-order valence-corrected chi connectivity index (χ3v) is 3.40. The molecule has 0 saturated carbocycles. The number of allylic oxidation sites excluding steroid dienone is 1. The Bertz CT molecular complexity index is 730. The molecule has 0 spiro atoms. The zero-order valence-electron chi connectivity index (χ0n) is 12.5. The minimum atomic E-state index is 0.118. The van der Waals surface area contributed by atoms with Crippen LogP contribution in [0.4, 0.5) is 5.69 Å². The molecule has 0 aliphatic rings. The summed E-state index contributed by atoms with van der Waals surface area (Å²) in [5.41, 5.74) is 4.40. The van der Waals surface area contributed by atoms with E-state index in [9.17, 15) is 0 Å². The van der Waals surface area contributed by atoms with Gasteiger partial charge in [-0.3, -0.25) is 0 Å². The van der Waals surface area contributed by atoms with Crippen molar-refractivity contribution in [1.82, 2.24) is 0 Å². The smallest absolute Gasteiger partial charge is 0.130 e. The molecule has 0 saturated heterocycles. The third kappa shape index (κ3) is 4.23. The maximum atomic E-state index is 8.80. The van der Waals surface area contributed by atoms with Gasteiger partial charge in [-0.05, 0) is 48.2 Å². The Kier molecular flexibility index (Phi) is 5.35. The van der Waals surface area contributed by atoms with E-state index < -0.39 is 0 Å². The van der Waals surface area contributed by atoms with E-state index in [4.69, 9.17) is 10.5 Å². The molecule has 0 bridgehead atoms. The van der Waals surface area contributed by atoms with Crippen molar-refractivity contribution in [2.24, 2.45) is 0 Å². The molecule has 1 N–H and O–H groups in total. The molecule has 0 heterocycles. The van der Waals surface area contributed by atoms with Gasteiger partial charge in [0, 0.05) is 12.2 Å². The van der Waals surface area contributed by atoms with E-state index in [-0.39, 0.29) is 5.57 Å². The van der Waals surface area contributed by atoms with E-state index in [1.54, 1.807) is 6.08 Å². The van der Waals surface area contributed by atoms with E-state index in [0.29, 0.717) is 0 Å². The van der Waals surface area contributed by atoms with E-state index >= 15 is 0 Å². The largest absolute Gasteiger partial charge is 0.385 e. The molecule has 2 aromatic carbocycles. The number of nitriles is 2. The first-order chi connectivity index (χ1) is 10.7. The summed E-state index contributed by atoms with van der Waals surface area (Å²) in [5.74, 6) is 0. The lowest BCUT2D eigenvalue weighted by Crippen LogP contribution is -2.05. The lowest BCUT2D eigenvalue weighted by atomic mass is 10.1. The van der Waals surface area contributed by atoms with Gasteiger partial charge in [-0.15, -0.1) is 0 Å². The van der Waals surface area contributed by atoms with Crippen LogP contribution in [0, 0.1) is 29.6 Å². The van der Waals surface area contributed by atoms with Gasteiger partial charge in [0.25, 0.3) is 0 Å². The second kappa shape index (κ2) is 7.67. The van der Waals surface area contributed by atoms with Gasteiger partial charge in [0.05, 0.1) is 0 Å². The topological polar surface area (TPSA) is 59.6 Å². The van der Waals surface area contributed by atoms with Crippen LogP contribution in [0.15, 0.2) is 54.1 Å². The zero-order valence-corrected chi connectivity index (χ0v) is 12.5. The molecule has 0 amide bonds. The predicted molar refractivity (Wildman–Crippen MR) is 89.0 cm³/mol. The highest BCUT2D eigenvalue weighted by Crippen LogP contribution is 2.18. The number of nitrogens with zero attached hydrogens (tertiary/aromatic N) is 2. The van der Waals surface area contributed by atoms with Gasteiger partial charge in [-0.1, -0.05) is 36.4 Å². The Morgan fingerprint density at radius 2 is 1.82 bits per heavy atom. The number of aryl methyl sites for hydroxylation is 1. The number of hydrogen-bond donors (Lipinski definition) is 1. The Labute approximate surface area is 131 Å². The van der Waals surface area contributed by atoms with Gasteiger partial charge in [0.2, 0.25) is 0 Å². The van der Waals surface area contributed by atoms with Crippen molar-refractivity contribution in [1.29, 1.82) is 10.5 Å². The summed E-state index contributed by atoms with van der Waals surface area (Å²) in [4.78, 5) is 0. The first-order valence-electron chi connectivity index (χ1n) is 7.13. The maximum absolute atomic E-state index is 8.80. The average molecular weight is 287 g/mol. The molecule has 108 valence electrons. The second-order valence-corrected chi connectivity index (χ2v) is 5.02. The van der Waals surface area contributed by atoms with Gasteiger partial charge in [0.15, 0.2) is 0 Å². The van der Waals surface area contributed by atoms with Crippen molar-refractivity contribution < 1.29 is 0 Å².